The van der Waals surface area contributed by atoms with Crippen LogP contribution < -0.4 is 5.32 Å². The number of esters is 1. The number of anilines is 1. The number of fused-ring (bicyclic) bond motifs is 2. The molecular formula is C22H16N4O3. The van der Waals surface area contributed by atoms with Gasteiger partial charge in [-0.2, -0.15) is 0 Å². The van der Waals surface area contributed by atoms with E-state index in [-0.39, 0.29) is 5.69 Å². The molecule has 4 aromatic rings. The normalized spacial score (nSPS) is 17.1. The number of aromatic amines is 1. The molecule has 0 radical (unpaired) electrons. The van der Waals surface area contributed by atoms with Crippen LogP contribution in [0.5, 0.6) is 0 Å². The summed E-state index contributed by atoms with van der Waals surface area (Å²) < 4.78 is 5.27. The molecule has 0 bridgehead atoms. The van der Waals surface area contributed by atoms with Gasteiger partial charge in [0.15, 0.2) is 5.54 Å². The van der Waals surface area contributed by atoms with Crippen molar-refractivity contribution in [3.8, 4) is 11.1 Å². The van der Waals surface area contributed by atoms with E-state index in [0.29, 0.717) is 16.8 Å². The molecule has 0 spiro atoms. The quantitative estimate of drug-likeness (QED) is 0.401. The molecule has 2 aromatic heterocycles. The van der Waals surface area contributed by atoms with Gasteiger partial charge in [-0.05, 0) is 40.6 Å². The monoisotopic (exact) mass is 384 g/mol. The number of nitroso groups, excluding NO2 is 1. The van der Waals surface area contributed by atoms with E-state index in [2.05, 4.69) is 20.5 Å². The van der Waals surface area contributed by atoms with Crippen molar-refractivity contribution in [1.82, 2.24) is 9.97 Å². The first kappa shape index (κ1) is 17.1. The highest BCUT2D eigenvalue weighted by atomic mass is 16.5. The van der Waals surface area contributed by atoms with Crippen LogP contribution >= 0.6 is 0 Å². The molecule has 2 N–H and O–H groups in total. The molecule has 0 fully saturated rings. The lowest BCUT2D eigenvalue weighted by Gasteiger charge is -2.32. The maximum Gasteiger partial charge on any atom is 0.341 e. The number of H-pyrrole nitrogens is 1. The van der Waals surface area contributed by atoms with E-state index in [1.165, 1.54) is 7.11 Å². The summed E-state index contributed by atoms with van der Waals surface area (Å²) in [4.78, 5) is 31.9. The van der Waals surface area contributed by atoms with Crippen LogP contribution in [0.2, 0.25) is 0 Å². The minimum Gasteiger partial charge on any atom is -0.467 e. The fourth-order valence-electron chi connectivity index (χ4n) is 4.10. The van der Waals surface area contributed by atoms with Crippen molar-refractivity contribution in [2.24, 2.45) is 5.18 Å². The third-order valence-electron chi connectivity index (χ3n) is 5.41. The van der Waals surface area contributed by atoms with E-state index in [4.69, 9.17) is 4.74 Å². The number of nitrogens with one attached hydrogen (secondary N) is 2. The van der Waals surface area contributed by atoms with Gasteiger partial charge in [-0.3, -0.25) is 0 Å². The lowest BCUT2D eigenvalue weighted by atomic mass is 9.82. The Balaban J connectivity index is 1.92. The summed E-state index contributed by atoms with van der Waals surface area (Å²) in [7, 11) is 1.36. The average Bonchev–Trinajstić information content (AvgIpc) is 3.16. The molecule has 0 aliphatic carbocycles. The lowest BCUT2D eigenvalue weighted by molar-refractivity contribution is -0.144. The molecule has 2 aromatic carbocycles. The summed E-state index contributed by atoms with van der Waals surface area (Å²) in [5.41, 5.74) is 3.66. The number of aromatic nitrogens is 2. The van der Waals surface area contributed by atoms with E-state index >= 15 is 0 Å². The fraction of sp³-hybridized carbons (Fsp3) is 0.0909. The number of rotatable bonds is 3. The van der Waals surface area contributed by atoms with E-state index in [1.54, 1.807) is 36.7 Å². The first-order valence-corrected chi connectivity index (χ1v) is 9.05. The number of hydrogen-bond donors (Lipinski definition) is 2. The summed E-state index contributed by atoms with van der Waals surface area (Å²) in [6.07, 6.45) is 3.52. The van der Waals surface area contributed by atoms with Crippen LogP contribution in [0, 0.1) is 4.91 Å². The Bertz CT molecular complexity index is 1260. The summed E-state index contributed by atoms with van der Waals surface area (Å²) in [6.45, 7) is 0. The number of ether oxygens (including phenoxy) is 1. The molecule has 5 rings (SSSR count). The largest absolute Gasteiger partial charge is 0.467 e. The second-order valence-electron chi connectivity index (χ2n) is 6.83. The number of pyridine rings is 1. The van der Waals surface area contributed by atoms with Gasteiger partial charge >= 0.3 is 5.97 Å². The topological polar surface area (TPSA) is 96.4 Å². The molecule has 0 amide bonds. The SMILES string of the molecule is COC(=O)[C@]1(c2ccc(N=O)cc2)Nc2ccccc2-c2ccnc3[nH]cc1c23. The van der Waals surface area contributed by atoms with Gasteiger partial charge in [-0.25, -0.2) is 9.78 Å². The van der Waals surface area contributed by atoms with Gasteiger partial charge in [0.2, 0.25) is 0 Å². The Labute approximate surface area is 165 Å². The highest BCUT2D eigenvalue weighted by Crippen LogP contribution is 2.47. The summed E-state index contributed by atoms with van der Waals surface area (Å²) in [6, 6.07) is 16.3. The molecule has 1 atom stereocenters. The van der Waals surface area contributed by atoms with E-state index in [1.807, 2.05) is 30.3 Å². The molecule has 0 saturated heterocycles. The predicted octanol–water partition coefficient (Wildman–Crippen LogP) is 4.47. The minimum atomic E-state index is -1.33. The van der Waals surface area contributed by atoms with Gasteiger partial charge in [0.05, 0.1) is 7.11 Å². The first-order valence-electron chi connectivity index (χ1n) is 9.05. The molecule has 142 valence electrons. The van der Waals surface area contributed by atoms with Gasteiger partial charge in [0.25, 0.3) is 0 Å². The van der Waals surface area contributed by atoms with Crippen molar-refractivity contribution in [3.05, 3.63) is 83.0 Å². The Hall–Kier alpha value is -4.00. The average molecular weight is 384 g/mol. The van der Waals surface area contributed by atoms with Crippen LogP contribution in [0.4, 0.5) is 11.4 Å². The highest BCUT2D eigenvalue weighted by Gasteiger charge is 2.47. The standard InChI is InChI=1S/C22H16N4O3/c1-29-21(27)22(13-6-8-14(26-28)9-7-13)17-12-24-20-19(17)16(10-11-23-20)15-4-2-3-5-18(15)25-22/h2-12,25H,1H3,(H,23,24)/t22-/m1/s1. The van der Waals surface area contributed by atoms with Crippen molar-refractivity contribution in [1.29, 1.82) is 0 Å². The summed E-state index contributed by atoms with van der Waals surface area (Å²) in [5.74, 6) is -0.475. The van der Waals surface area contributed by atoms with Crippen LogP contribution in [0.15, 0.2) is 72.2 Å². The number of benzene rings is 2. The lowest BCUT2D eigenvalue weighted by Crippen LogP contribution is -2.45. The minimum absolute atomic E-state index is 0.282. The van der Waals surface area contributed by atoms with E-state index in [0.717, 1.165) is 22.2 Å². The Morgan fingerprint density at radius 3 is 2.62 bits per heavy atom. The Morgan fingerprint density at radius 2 is 1.86 bits per heavy atom. The molecule has 0 unspecified atom stereocenters. The van der Waals surface area contributed by atoms with Gasteiger partial charge in [-0.1, -0.05) is 30.3 Å². The van der Waals surface area contributed by atoms with Crippen LogP contribution in [-0.4, -0.2) is 23.0 Å². The van der Waals surface area contributed by atoms with Crippen molar-refractivity contribution in [3.63, 3.8) is 0 Å². The Kier molecular flexibility index (Phi) is 3.70. The number of hydrogen-bond acceptors (Lipinski definition) is 6. The Morgan fingerprint density at radius 1 is 1.07 bits per heavy atom. The van der Waals surface area contributed by atoms with Crippen LogP contribution in [0.1, 0.15) is 11.1 Å². The van der Waals surface area contributed by atoms with Gasteiger partial charge < -0.3 is 15.0 Å². The molecule has 1 aliphatic rings. The van der Waals surface area contributed by atoms with Crippen LogP contribution in [0.25, 0.3) is 22.2 Å². The van der Waals surface area contributed by atoms with Crippen LogP contribution in [-0.2, 0) is 15.1 Å². The van der Waals surface area contributed by atoms with E-state index in [9.17, 15) is 9.70 Å². The van der Waals surface area contributed by atoms with Gasteiger partial charge in [0.1, 0.15) is 11.3 Å². The van der Waals surface area contributed by atoms with Gasteiger partial charge in [0, 0.05) is 34.6 Å². The van der Waals surface area contributed by atoms with Gasteiger partial charge in [-0.15, -0.1) is 4.91 Å². The highest BCUT2D eigenvalue weighted by molar-refractivity contribution is 6.07. The van der Waals surface area contributed by atoms with E-state index < -0.39 is 11.5 Å². The summed E-state index contributed by atoms with van der Waals surface area (Å²) in [5, 5.41) is 7.24. The molecule has 3 heterocycles. The molecule has 0 saturated carbocycles. The first-order chi connectivity index (χ1) is 14.2. The zero-order chi connectivity index (χ0) is 20.0. The van der Waals surface area contributed by atoms with Crippen molar-refractivity contribution < 1.29 is 9.53 Å². The zero-order valence-corrected chi connectivity index (χ0v) is 15.5. The maximum atomic E-state index is 13.3. The molecular weight excluding hydrogens is 368 g/mol. The molecule has 1 aliphatic heterocycles. The number of para-hydroxylation sites is 1. The third-order valence-corrected chi connectivity index (χ3v) is 5.41. The zero-order valence-electron chi connectivity index (χ0n) is 15.5. The molecule has 7 nitrogen and oxygen atoms in total. The number of methoxy groups -OCH3 is 1. The predicted molar refractivity (Wildman–Crippen MR) is 110 cm³/mol. The molecule has 29 heavy (non-hydrogen) atoms. The third kappa shape index (κ3) is 2.30. The fourth-order valence-corrected chi connectivity index (χ4v) is 4.10. The number of nitrogens with zero attached hydrogens (tertiary/aromatic N) is 2. The van der Waals surface area contributed by atoms with Crippen molar-refractivity contribution in [2.75, 3.05) is 12.4 Å². The smallest absolute Gasteiger partial charge is 0.341 e. The number of carbonyl (C=O) groups excluding carboxylic acids is 1. The van der Waals surface area contributed by atoms with Crippen LogP contribution in [0.3, 0.4) is 0 Å². The van der Waals surface area contributed by atoms with Crippen molar-refractivity contribution >= 4 is 28.4 Å². The maximum absolute atomic E-state index is 13.3. The van der Waals surface area contributed by atoms with Crippen molar-refractivity contribution in [2.45, 2.75) is 5.54 Å². The second kappa shape index (κ2) is 6.27. The number of carbonyl (C=O) groups is 1. The summed E-state index contributed by atoms with van der Waals surface area (Å²) >= 11 is 0. The second-order valence-corrected chi connectivity index (χ2v) is 6.83. The molecule has 7 heteroatoms.